The molecule has 0 saturated heterocycles. The summed E-state index contributed by atoms with van der Waals surface area (Å²) in [6.07, 6.45) is 6.44. The molecule has 0 spiro atoms. The molecule has 4 rings (SSSR count). The number of hydrogen-bond donors (Lipinski definition) is 2. The van der Waals surface area contributed by atoms with Gasteiger partial charge in [-0.3, -0.25) is 4.79 Å². The molecule has 162 valence electrons. The standard InChI is InChI=1S/C24H25F2N3O2/c1-2-29(10-4-3-5-15-13-28-22-9-6-16(25)11-19(15)22)17-12-20-18(24(27)30)7-8-21(26)23(20)31-14-17/h6-9,11-13,28H,2-5,10,14H2,1H3,(H2,27,30). The first-order valence-corrected chi connectivity index (χ1v) is 10.4. The molecule has 0 aliphatic carbocycles. The van der Waals surface area contributed by atoms with Crippen LogP contribution in [-0.2, 0) is 6.42 Å². The van der Waals surface area contributed by atoms with E-state index in [0.29, 0.717) is 5.56 Å². The van der Waals surface area contributed by atoms with Gasteiger partial charge in [-0.25, -0.2) is 8.78 Å². The number of aryl methyl sites for hydroxylation is 1. The monoisotopic (exact) mass is 425 g/mol. The second-order valence-electron chi connectivity index (χ2n) is 7.67. The van der Waals surface area contributed by atoms with Crippen LogP contribution in [0.25, 0.3) is 17.0 Å². The highest BCUT2D eigenvalue weighted by Gasteiger charge is 2.23. The topological polar surface area (TPSA) is 71.3 Å². The molecular formula is C24H25F2N3O2. The number of rotatable bonds is 8. The number of primary amides is 1. The molecule has 1 amide bonds. The maximum absolute atomic E-state index is 14.1. The number of fused-ring (bicyclic) bond motifs is 2. The number of carbonyl (C=O) groups excluding carboxylic acids is 1. The van der Waals surface area contributed by atoms with Crippen molar-refractivity contribution in [2.24, 2.45) is 5.73 Å². The van der Waals surface area contributed by atoms with Gasteiger partial charge in [-0.15, -0.1) is 0 Å². The zero-order valence-corrected chi connectivity index (χ0v) is 17.4. The van der Waals surface area contributed by atoms with Crippen molar-refractivity contribution in [3.05, 3.63) is 70.6 Å². The summed E-state index contributed by atoms with van der Waals surface area (Å²) in [6.45, 7) is 3.82. The molecule has 0 atom stereocenters. The largest absolute Gasteiger partial charge is 0.484 e. The van der Waals surface area contributed by atoms with Crippen LogP contribution >= 0.6 is 0 Å². The van der Waals surface area contributed by atoms with Gasteiger partial charge in [0, 0.05) is 35.8 Å². The van der Waals surface area contributed by atoms with E-state index in [1.165, 1.54) is 18.2 Å². The molecule has 0 saturated carbocycles. The third-order valence-electron chi connectivity index (χ3n) is 5.73. The van der Waals surface area contributed by atoms with Gasteiger partial charge < -0.3 is 20.4 Å². The van der Waals surface area contributed by atoms with Crippen LogP contribution in [0.2, 0.25) is 0 Å². The molecule has 3 aromatic rings. The van der Waals surface area contributed by atoms with E-state index in [-0.39, 0.29) is 23.7 Å². The van der Waals surface area contributed by atoms with Crippen LogP contribution in [0, 0.1) is 11.6 Å². The lowest BCUT2D eigenvalue weighted by molar-refractivity contribution is 0.0999. The number of H-pyrrole nitrogens is 1. The number of likely N-dealkylation sites (N-methyl/N-ethyl adjacent to an activating group) is 1. The number of ether oxygens (including phenoxy) is 1. The average molecular weight is 425 g/mol. The Bertz CT molecular complexity index is 1150. The van der Waals surface area contributed by atoms with Crippen LogP contribution in [0.1, 0.15) is 41.3 Å². The highest BCUT2D eigenvalue weighted by Crippen LogP contribution is 2.33. The molecule has 31 heavy (non-hydrogen) atoms. The van der Waals surface area contributed by atoms with Gasteiger partial charge in [0.25, 0.3) is 0 Å². The normalized spacial score (nSPS) is 12.9. The molecule has 2 heterocycles. The summed E-state index contributed by atoms with van der Waals surface area (Å²) in [5.41, 5.74) is 9.02. The SMILES string of the molecule is CCN(CCCCc1c[nH]c2ccc(F)cc12)C1=Cc2c(C(N)=O)ccc(F)c2OC1. The number of aromatic nitrogens is 1. The predicted molar refractivity (Wildman–Crippen MR) is 117 cm³/mol. The van der Waals surface area contributed by atoms with Crippen molar-refractivity contribution >= 4 is 22.9 Å². The minimum Gasteiger partial charge on any atom is -0.484 e. The van der Waals surface area contributed by atoms with E-state index in [1.54, 1.807) is 18.2 Å². The van der Waals surface area contributed by atoms with Gasteiger partial charge in [0.2, 0.25) is 5.91 Å². The molecule has 1 aliphatic heterocycles. The van der Waals surface area contributed by atoms with Gasteiger partial charge >= 0.3 is 0 Å². The van der Waals surface area contributed by atoms with Gasteiger partial charge in [-0.05, 0) is 68.2 Å². The van der Waals surface area contributed by atoms with Crippen molar-refractivity contribution in [1.29, 1.82) is 0 Å². The zero-order valence-electron chi connectivity index (χ0n) is 17.4. The van der Waals surface area contributed by atoms with Crippen LogP contribution in [0.3, 0.4) is 0 Å². The number of nitrogens with one attached hydrogen (secondary N) is 1. The fourth-order valence-electron chi connectivity index (χ4n) is 4.10. The van der Waals surface area contributed by atoms with Crippen molar-refractivity contribution in [2.45, 2.75) is 26.2 Å². The summed E-state index contributed by atoms with van der Waals surface area (Å²) in [6, 6.07) is 7.36. The second kappa shape index (κ2) is 8.79. The Hall–Kier alpha value is -3.35. The van der Waals surface area contributed by atoms with E-state index in [1.807, 2.05) is 13.1 Å². The Morgan fingerprint density at radius 1 is 1.23 bits per heavy atom. The van der Waals surface area contributed by atoms with Crippen LogP contribution in [0.5, 0.6) is 5.75 Å². The highest BCUT2D eigenvalue weighted by atomic mass is 19.1. The van der Waals surface area contributed by atoms with Gasteiger partial charge in [0.15, 0.2) is 11.6 Å². The number of halogens is 2. The van der Waals surface area contributed by atoms with E-state index in [2.05, 4.69) is 9.88 Å². The first kappa shape index (κ1) is 20.9. The molecule has 7 heteroatoms. The Morgan fingerprint density at radius 2 is 2.06 bits per heavy atom. The van der Waals surface area contributed by atoms with E-state index in [4.69, 9.17) is 10.5 Å². The fraction of sp³-hybridized carbons (Fsp3) is 0.292. The maximum Gasteiger partial charge on any atom is 0.249 e. The molecule has 5 nitrogen and oxygen atoms in total. The molecule has 0 radical (unpaired) electrons. The number of aromatic amines is 1. The van der Waals surface area contributed by atoms with Gasteiger partial charge in [0.05, 0.1) is 11.3 Å². The molecule has 0 fully saturated rings. The van der Waals surface area contributed by atoms with Crippen LogP contribution < -0.4 is 10.5 Å². The number of nitrogens with zero attached hydrogens (tertiary/aromatic N) is 1. The maximum atomic E-state index is 14.1. The zero-order chi connectivity index (χ0) is 22.0. The number of benzene rings is 2. The number of nitrogens with two attached hydrogens (primary N) is 1. The van der Waals surface area contributed by atoms with Crippen LogP contribution in [0.4, 0.5) is 8.78 Å². The summed E-state index contributed by atoms with van der Waals surface area (Å²) in [5.74, 6) is -1.28. The molecule has 1 aliphatic rings. The Morgan fingerprint density at radius 3 is 2.84 bits per heavy atom. The predicted octanol–water partition coefficient (Wildman–Crippen LogP) is 4.62. The minimum atomic E-state index is -0.615. The lowest BCUT2D eigenvalue weighted by atomic mass is 10.0. The van der Waals surface area contributed by atoms with Crippen molar-refractivity contribution in [3.63, 3.8) is 0 Å². The van der Waals surface area contributed by atoms with Crippen LogP contribution in [-0.4, -0.2) is 35.5 Å². The highest BCUT2D eigenvalue weighted by molar-refractivity contribution is 5.98. The van der Waals surface area contributed by atoms with Crippen molar-refractivity contribution in [1.82, 2.24) is 9.88 Å². The molecular weight excluding hydrogens is 400 g/mol. The Labute approximate surface area is 179 Å². The van der Waals surface area contributed by atoms with E-state index >= 15 is 0 Å². The first-order valence-electron chi connectivity index (χ1n) is 10.4. The molecule has 3 N–H and O–H groups in total. The Balaban J connectivity index is 1.43. The third-order valence-corrected chi connectivity index (χ3v) is 5.73. The van der Waals surface area contributed by atoms with Crippen molar-refractivity contribution in [3.8, 4) is 5.75 Å². The van der Waals surface area contributed by atoms with Crippen molar-refractivity contribution < 1.29 is 18.3 Å². The van der Waals surface area contributed by atoms with Crippen LogP contribution in [0.15, 0.2) is 42.2 Å². The smallest absolute Gasteiger partial charge is 0.249 e. The average Bonchev–Trinajstić information content (AvgIpc) is 3.15. The lowest BCUT2D eigenvalue weighted by Crippen LogP contribution is -2.29. The summed E-state index contributed by atoms with van der Waals surface area (Å²) in [5, 5.41) is 0.924. The number of amides is 1. The van der Waals surface area contributed by atoms with Gasteiger partial charge in [-0.2, -0.15) is 0 Å². The Kier molecular flexibility index (Phi) is 5.93. The number of hydrogen-bond acceptors (Lipinski definition) is 3. The van der Waals surface area contributed by atoms with Crippen molar-refractivity contribution in [2.75, 3.05) is 19.7 Å². The summed E-state index contributed by atoms with van der Waals surface area (Å²) < 4.78 is 33.3. The lowest BCUT2D eigenvalue weighted by Gasteiger charge is -2.29. The third kappa shape index (κ3) is 4.26. The van der Waals surface area contributed by atoms with Gasteiger partial charge in [0.1, 0.15) is 12.4 Å². The van der Waals surface area contributed by atoms with Gasteiger partial charge in [-0.1, -0.05) is 0 Å². The summed E-state index contributed by atoms with van der Waals surface area (Å²) in [4.78, 5) is 17.1. The van der Waals surface area contributed by atoms with E-state index in [9.17, 15) is 13.6 Å². The van der Waals surface area contributed by atoms with E-state index < -0.39 is 11.7 Å². The molecule has 1 aromatic heterocycles. The number of carbonyl (C=O) groups is 1. The molecule has 0 unspecified atom stereocenters. The first-order chi connectivity index (χ1) is 15.0. The minimum absolute atomic E-state index is 0.0719. The summed E-state index contributed by atoms with van der Waals surface area (Å²) >= 11 is 0. The summed E-state index contributed by atoms with van der Waals surface area (Å²) in [7, 11) is 0. The fourth-order valence-corrected chi connectivity index (χ4v) is 4.10. The molecule has 2 aromatic carbocycles. The molecule has 0 bridgehead atoms. The number of unbranched alkanes of at least 4 members (excludes halogenated alkanes) is 1. The van der Waals surface area contributed by atoms with E-state index in [0.717, 1.165) is 54.5 Å². The quantitative estimate of drug-likeness (QED) is 0.517. The second-order valence-corrected chi connectivity index (χ2v) is 7.67.